The van der Waals surface area contributed by atoms with Gasteiger partial charge < -0.3 is 5.32 Å². The standard InChI is InChI=1S/C17H18ClN3O5S/c1-12(17(22)19-11-13-6-8-14(18)9-7-13)20(27(2,25)26)15-4-3-5-16(10-15)21(23)24/h3-10,12H,11H2,1-2H3,(H,19,22). The van der Waals surface area contributed by atoms with Crippen LogP contribution >= 0.6 is 11.6 Å². The van der Waals surface area contributed by atoms with Gasteiger partial charge in [-0.15, -0.1) is 0 Å². The number of nitro benzene ring substituents is 1. The lowest BCUT2D eigenvalue weighted by atomic mass is 10.2. The van der Waals surface area contributed by atoms with Gasteiger partial charge in [-0.3, -0.25) is 19.2 Å². The molecule has 0 aliphatic rings. The first kappa shape index (κ1) is 20.7. The highest BCUT2D eigenvalue weighted by Crippen LogP contribution is 2.25. The zero-order chi connectivity index (χ0) is 20.2. The van der Waals surface area contributed by atoms with E-state index in [4.69, 9.17) is 11.6 Å². The lowest BCUT2D eigenvalue weighted by molar-refractivity contribution is -0.384. The Kier molecular flexibility index (Phi) is 6.40. The summed E-state index contributed by atoms with van der Waals surface area (Å²) in [5.74, 6) is -0.540. The first-order valence-electron chi connectivity index (χ1n) is 7.85. The van der Waals surface area contributed by atoms with Gasteiger partial charge in [0.25, 0.3) is 5.69 Å². The van der Waals surface area contributed by atoms with E-state index < -0.39 is 26.9 Å². The fourth-order valence-electron chi connectivity index (χ4n) is 2.49. The van der Waals surface area contributed by atoms with Crippen molar-refractivity contribution in [2.24, 2.45) is 0 Å². The first-order chi connectivity index (χ1) is 12.6. The van der Waals surface area contributed by atoms with Gasteiger partial charge >= 0.3 is 0 Å². The predicted octanol–water partition coefficient (Wildman–Crippen LogP) is 2.72. The lowest BCUT2D eigenvalue weighted by Crippen LogP contribution is -2.47. The molecular weight excluding hydrogens is 394 g/mol. The molecule has 1 amide bonds. The van der Waals surface area contributed by atoms with Crippen molar-refractivity contribution in [2.75, 3.05) is 10.6 Å². The van der Waals surface area contributed by atoms with Gasteiger partial charge in [0.2, 0.25) is 15.9 Å². The molecule has 2 rings (SSSR count). The van der Waals surface area contributed by atoms with Crippen molar-refractivity contribution < 1.29 is 18.1 Å². The van der Waals surface area contributed by atoms with Crippen LogP contribution in [0.2, 0.25) is 5.02 Å². The van der Waals surface area contributed by atoms with Gasteiger partial charge in [-0.05, 0) is 30.7 Å². The molecule has 0 aliphatic carbocycles. The lowest BCUT2D eigenvalue weighted by Gasteiger charge is -2.28. The van der Waals surface area contributed by atoms with Crippen molar-refractivity contribution in [1.82, 2.24) is 5.32 Å². The number of hydrogen-bond acceptors (Lipinski definition) is 5. The summed E-state index contributed by atoms with van der Waals surface area (Å²) in [7, 11) is -3.86. The van der Waals surface area contributed by atoms with E-state index in [9.17, 15) is 23.3 Å². The van der Waals surface area contributed by atoms with Crippen LogP contribution in [0.5, 0.6) is 0 Å². The van der Waals surface area contributed by atoms with E-state index >= 15 is 0 Å². The average Bonchev–Trinajstić information content (AvgIpc) is 2.60. The third-order valence-corrected chi connectivity index (χ3v) is 5.26. The number of benzene rings is 2. The molecule has 10 heteroatoms. The average molecular weight is 412 g/mol. The SMILES string of the molecule is CC(C(=O)NCc1ccc(Cl)cc1)N(c1cccc([N+](=O)[O-])c1)S(C)(=O)=O. The molecule has 8 nitrogen and oxygen atoms in total. The highest BCUT2D eigenvalue weighted by molar-refractivity contribution is 7.92. The van der Waals surface area contributed by atoms with Crippen LogP contribution in [0, 0.1) is 10.1 Å². The first-order valence-corrected chi connectivity index (χ1v) is 10.1. The van der Waals surface area contributed by atoms with E-state index in [1.165, 1.54) is 25.1 Å². The Morgan fingerprint density at radius 2 is 1.89 bits per heavy atom. The van der Waals surface area contributed by atoms with Crippen LogP contribution in [0.1, 0.15) is 12.5 Å². The predicted molar refractivity (Wildman–Crippen MR) is 103 cm³/mol. The van der Waals surface area contributed by atoms with E-state index in [1.54, 1.807) is 24.3 Å². The van der Waals surface area contributed by atoms with Crippen molar-refractivity contribution in [1.29, 1.82) is 0 Å². The van der Waals surface area contributed by atoms with E-state index in [0.717, 1.165) is 22.2 Å². The molecule has 2 aromatic rings. The Bertz CT molecular complexity index is 947. The van der Waals surface area contributed by atoms with Gasteiger partial charge in [-0.2, -0.15) is 0 Å². The van der Waals surface area contributed by atoms with E-state index in [-0.39, 0.29) is 17.9 Å². The molecule has 0 bridgehead atoms. The zero-order valence-electron chi connectivity index (χ0n) is 14.6. The fourth-order valence-corrected chi connectivity index (χ4v) is 3.78. The molecule has 2 aromatic carbocycles. The second kappa shape index (κ2) is 8.36. The number of amides is 1. The van der Waals surface area contributed by atoms with Crippen molar-refractivity contribution >= 4 is 38.9 Å². The number of sulfonamides is 1. The van der Waals surface area contributed by atoms with Crippen molar-refractivity contribution in [3.8, 4) is 0 Å². The van der Waals surface area contributed by atoms with Crippen LogP contribution in [0.15, 0.2) is 48.5 Å². The molecule has 1 atom stereocenters. The van der Waals surface area contributed by atoms with Crippen molar-refractivity contribution in [3.63, 3.8) is 0 Å². The Hall–Kier alpha value is -2.65. The Balaban J connectivity index is 2.23. The van der Waals surface area contributed by atoms with Crippen LogP contribution < -0.4 is 9.62 Å². The normalized spacial score (nSPS) is 12.3. The number of nitro groups is 1. The molecular formula is C17H18ClN3O5S. The number of hydrogen-bond donors (Lipinski definition) is 1. The molecule has 27 heavy (non-hydrogen) atoms. The molecule has 1 N–H and O–H groups in total. The van der Waals surface area contributed by atoms with Crippen LogP contribution in [0.25, 0.3) is 0 Å². The molecule has 0 heterocycles. The van der Waals surface area contributed by atoms with Crippen LogP contribution in [-0.4, -0.2) is 31.5 Å². The van der Waals surface area contributed by atoms with Crippen LogP contribution in [0.4, 0.5) is 11.4 Å². The van der Waals surface area contributed by atoms with Crippen LogP contribution in [0.3, 0.4) is 0 Å². The maximum absolute atomic E-state index is 12.5. The van der Waals surface area contributed by atoms with E-state index in [2.05, 4.69) is 5.32 Å². The minimum atomic E-state index is -3.86. The maximum Gasteiger partial charge on any atom is 0.271 e. The molecule has 0 radical (unpaired) electrons. The molecule has 0 saturated heterocycles. The zero-order valence-corrected chi connectivity index (χ0v) is 16.2. The van der Waals surface area contributed by atoms with Gasteiger partial charge in [0.05, 0.1) is 16.9 Å². The number of non-ortho nitro benzene ring substituents is 1. The van der Waals surface area contributed by atoms with E-state index in [0.29, 0.717) is 5.02 Å². The smallest absolute Gasteiger partial charge is 0.271 e. The third kappa shape index (κ3) is 5.41. The number of rotatable bonds is 7. The minimum Gasteiger partial charge on any atom is -0.350 e. The number of nitrogens with one attached hydrogen (secondary N) is 1. The Morgan fingerprint density at radius 3 is 2.44 bits per heavy atom. The van der Waals surface area contributed by atoms with E-state index in [1.807, 2.05) is 0 Å². The molecule has 0 aromatic heterocycles. The fraction of sp³-hybridized carbons (Fsp3) is 0.235. The van der Waals surface area contributed by atoms with Gasteiger partial charge in [0.15, 0.2) is 0 Å². The molecule has 1 unspecified atom stereocenters. The van der Waals surface area contributed by atoms with Gasteiger partial charge in [0, 0.05) is 23.7 Å². The monoisotopic (exact) mass is 411 g/mol. The third-order valence-electron chi connectivity index (χ3n) is 3.76. The second-order valence-corrected chi connectivity index (χ2v) is 8.15. The van der Waals surface area contributed by atoms with Gasteiger partial charge in [-0.25, -0.2) is 8.42 Å². The maximum atomic E-state index is 12.5. The highest BCUT2D eigenvalue weighted by Gasteiger charge is 2.29. The Morgan fingerprint density at radius 1 is 1.26 bits per heavy atom. The summed E-state index contributed by atoms with van der Waals surface area (Å²) in [6.45, 7) is 1.60. The number of anilines is 1. The number of carbonyl (C=O) groups is 1. The molecule has 0 spiro atoms. The van der Waals surface area contributed by atoms with Crippen molar-refractivity contribution in [2.45, 2.75) is 19.5 Å². The summed E-state index contributed by atoms with van der Waals surface area (Å²) < 4.78 is 25.3. The number of nitrogens with zero attached hydrogens (tertiary/aromatic N) is 2. The molecule has 0 aliphatic heterocycles. The quantitative estimate of drug-likeness (QED) is 0.556. The molecule has 144 valence electrons. The highest BCUT2D eigenvalue weighted by atomic mass is 35.5. The Labute approximate surface area is 162 Å². The molecule has 0 saturated carbocycles. The molecule has 0 fully saturated rings. The minimum absolute atomic E-state index is 0.0424. The second-order valence-electron chi connectivity index (χ2n) is 5.86. The van der Waals surface area contributed by atoms with Gasteiger partial charge in [-0.1, -0.05) is 29.8 Å². The van der Waals surface area contributed by atoms with Crippen LogP contribution in [-0.2, 0) is 21.4 Å². The number of carbonyl (C=O) groups excluding carboxylic acids is 1. The van der Waals surface area contributed by atoms with Gasteiger partial charge in [0.1, 0.15) is 6.04 Å². The van der Waals surface area contributed by atoms with Crippen molar-refractivity contribution in [3.05, 3.63) is 69.2 Å². The summed E-state index contributed by atoms with van der Waals surface area (Å²) in [4.78, 5) is 22.8. The summed E-state index contributed by atoms with van der Waals surface area (Å²) in [5, 5.41) is 14.2. The summed E-state index contributed by atoms with van der Waals surface area (Å²) in [6, 6.07) is 10.9. The summed E-state index contributed by atoms with van der Waals surface area (Å²) in [6.07, 6.45) is 0.939. The summed E-state index contributed by atoms with van der Waals surface area (Å²) in [5.41, 5.74) is 0.567. The topological polar surface area (TPSA) is 110 Å². The largest absolute Gasteiger partial charge is 0.350 e. The summed E-state index contributed by atoms with van der Waals surface area (Å²) >= 11 is 5.81. The number of halogens is 1.